The molecule has 7 aromatic rings. The maximum atomic E-state index is 4.87. The predicted octanol–water partition coefficient (Wildman–Crippen LogP) is 8.94. The van der Waals surface area contributed by atoms with Gasteiger partial charge in [-0.2, -0.15) is 0 Å². The van der Waals surface area contributed by atoms with Crippen molar-refractivity contribution in [2.24, 2.45) is 0 Å². The van der Waals surface area contributed by atoms with Crippen LogP contribution in [0.2, 0.25) is 0 Å². The molecule has 0 unspecified atom stereocenters. The van der Waals surface area contributed by atoms with Crippen molar-refractivity contribution >= 4 is 52.1 Å². The van der Waals surface area contributed by atoms with E-state index in [0.717, 1.165) is 45.3 Å². The predicted molar refractivity (Wildman–Crippen MR) is 171 cm³/mol. The fourth-order valence-electron chi connectivity index (χ4n) is 5.61. The normalized spacial score (nSPS) is 12.2. The van der Waals surface area contributed by atoms with Gasteiger partial charge in [-0.1, -0.05) is 84.9 Å². The molecule has 0 saturated carbocycles. The minimum Gasteiger partial charge on any atom is -0.351 e. The van der Waals surface area contributed by atoms with Crippen molar-refractivity contribution < 1.29 is 21.1 Å². The molecule has 4 nitrogen and oxygen atoms in total. The summed E-state index contributed by atoms with van der Waals surface area (Å²) in [5.74, 6) is 1.72. The Morgan fingerprint density at radius 1 is 0.405 bits per heavy atom. The number of hydrogen-bond acceptors (Lipinski definition) is 4. The molecule has 0 atom stereocenters. The van der Waals surface area contributed by atoms with Gasteiger partial charge < -0.3 is 9.62 Å². The van der Waals surface area contributed by atoms with Gasteiger partial charge in [0.1, 0.15) is 11.6 Å². The van der Waals surface area contributed by atoms with Gasteiger partial charge in [-0.15, -0.1) is 0 Å². The van der Waals surface area contributed by atoms with Crippen molar-refractivity contribution in [1.29, 1.82) is 0 Å². The standard InChI is InChI=1S/C36H24BN4.Pt/c1-3-9-27-21-29(15-13-25(27)7-1)31-17-19-35(38-23-31)40-33-11-5-6-12-34(33)41(37-40)36-20-18-32(24-39-36)30-16-14-26-8-2-4-10-28(26)22-30;/h1-24H;. The summed E-state index contributed by atoms with van der Waals surface area (Å²) in [6, 6.07) is 46.7. The zero-order valence-electron chi connectivity index (χ0n) is 22.5. The molecule has 0 amide bonds. The van der Waals surface area contributed by atoms with E-state index in [1.807, 2.05) is 12.4 Å². The first-order valence-corrected chi connectivity index (χ1v) is 13.7. The molecule has 8 rings (SSSR count). The van der Waals surface area contributed by atoms with E-state index < -0.39 is 0 Å². The van der Waals surface area contributed by atoms with Crippen LogP contribution in [0.5, 0.6) is 0 Å². The molecule has 6 heteroatoms. The topological polar surface area (TPSA) is 32.3 Å². The quantitative estimate of drug-likeness (QED) is 0.170. The van der Waals surface area contributed by atoms with Crippen molar-refractivity contribution in [2.45, 2.75) is 0 Å². The molecule has 5 aromatic carbocycles. The summed E-state index contributed by atoms with van der Waals surface area (Å²) in [4.78, 5) is 14.0. The third kappa shape index (κ3) is 4.66. The number of para-hydroxylation sites is 2. The number of pyridine rings is 2. The Morgan fingerprint density at radius 3 is 1.24 bits per heavy atom. The Hall–Kier alpha value is -4.73. The Bertz CT molecular complexity index is 1900. The average molecular weight is 719 g/mol. The van der Waals surface area contributed by atoms with Crippen molar-refractivity contribution in [3.05, 3.63) is 146 Å². The second-order valence-corrected chi connectivity index (χ2v) is 10.3. The smallest absolute Gasteiger partial charge is 0.351 e. The van der Waals surface area contributed by atoms with Gasteiger partial charge in [-0.05, 0) is 81.2 Å². The number of rotatable bonds is 4. The van der Waals surface area contributed by atoms with Crippen LogP contribution in [0.25, 0.3) is 43.8 Å². The van der Waals surface area contributed by atoms with Crippen molar-refractivity contribution in [1.82, 2.24) is 9.97 Å². The van der Waals surface area contributed by atoms with E-state index in [1.165, 1.54) is 21.5 Å². The molecular formula is C36H24BN4Pt. The molecule has 0 fully saturated rings. The molecule has 201 valence electrons. The summed E-state index contributed by atoms with van der Waals surface area (Å²) in [6.07, 6.45) is 3.91. The number of aromatic nitrogens is 2. The molecule has 1 aliphatic rings. The Morgan fingerprint density at radius 2 is 0.810 bits per heavy atom. The van der Waals surface area contributed by atoms with Crippen LogP contribution in [0.1, 0.15) is 0 Å². The molecule has 42 heavy (non-hydrogen) atoms. The number of hydrogen-bond donors (Lipinski definition) is 0. The van der Waals surface area contributed by atoms with E-state index in [0.29, 0.717) is 0 Å². The van der Waals surface area contributed by atoms with Crippen molar-refractivity contribution in [3.63, 3.8) is 0 Å². The van der Waals surface area contributed by atoms with Gasteiger partial charge in [0.2, 0.25) is 0 Å². The first-order valence-electron chi connectivity index (χ1n) is 13.7. The molecule has 2 aromatic heterocycles. The molecule has 0 saturated heterocycles. The van der Waals surface area contributed by atoms with Gasteiger partial charge in [0, 0.05) is 44.6 Å². The summed E-state index contributed by atoms with van der Waals surface area (Å²) in [7, 11) is 2.07. The van der Waals surface area contributed by atoms with E-state index >= 15 is 0 Å². The minimum atomic E-state index is 0. The van der Waals surface area contributed by atoms with Gasteiger partial charge in [0.05, 0.1) is 11.4 Å². The maximum Gasteiger partial charge on any atom is 0.403 e. The number of nitrogens with zero attached hydrogens (tertiary/aromatic N) is 4. The van der Waals surface area contributed by atoms with Crippen molar-refractivity contribution in [3.8, 4) is 22.3 Å². The van der Waals surface area contributed by atoms with Gasteiger partial charge in [0.25, 0.3) is 0 Å². The average Bonchev–Trinajstić information content (AvgIpc) is 3.44. The molecule has 0 bridgehead atoms. The van der Waals surface area contributed by atoms with E-state index in [4.69, 9.17) is 9.97 Å². The fraction of sp³-hybridized carbons (Fsp3) is 0. The van der Waals surface area contributed by atoms with Gasteiger partial charge in [-0.25, -0.2) is 9.97 Å². The Balaban J connectivity index is 0.00000288. The second kappa shape index (κ2) is 10.9. The second-order valence-electron chi connectivity index (χ2n) is 10.3. The van der Waals surface area contributed by atoms with Crippen LogP contribution in [0.4, 0.5) is 23.0 Å². The van der Waals surface area contributed by atoms with Crippen LogP contribution in [0.3, 0.4) is 0 Å². The van der Waals surface area contributed by atoms with E-state index in [9.17, 15) is 0 Å². The molecule has 1 radical (unpaired) electrons. The first-order chi connectivity index (χ1) is 20.3. The van der Waals surface area contributed by atoms with Gasteiger partial charge in [-0.3, -0.25) is 0 Å². The summed E-state index contributed by atoms with van der Waals surface area (Å²) in [5, 5.41) is 4.93. The summed E-state index contributed by atoms with van der Waals surface area (Å²) < 4.78 is 0. The van der Waals surface area contributed by atoms with Crippen LogP contribution in [-0.4, -0.2) is 17.5 Å². The van der Waals surface area contributed by atoms with E-state index in [-0.39, 0.29) is 21.1 Å². The number of anilines is 4. The number of benzene rings is 5. The van der Waals surface area contributed by atoms with E-state index in [1.54, 1.807) is 0 Å². The first kappa shape index (κ1) is 26.2. The van der Waals surface area contributed by atoms with E-state index in [2.05, 4.69) is 151 Å². The summed E-state index contributed by atoms with van der Waals surface area (Å²) in [6.45, 7) is 0. The largest absolute Gasteiger partial charge is 0.403 e. The summed E-state index contributed by atoms with van der Waals surface area (Å²) in [5.41, 5.74) is 6.64. The number of fused-ring (bicyclic) bond motifs is 3. The van der Waals surface area contributed by atoms with Crippen LogP contribution in [-0.2, 0) is 21.1 Å². The summed E-state index contributed by atoms with van der Waals surface area (Å²) >= 11 is 0. The maximum absolute atomic E-state index is 4.87. The molecule has 0 spiro atoms. The molecule has 1 aliphatic heterocycles. The fourth-order valence-corrected chi connectivity index (χ4v) is 5.61. The monoisotopic (exact) mass is 718 g/mol. The third-order valence-electron chi connectivity index (χ3n) is 7.79. The zero-order valence-corrected chi connectivity index (χ0v) is 24.8. The third-order valence-corrected chi connectivity index (χ3v) is 7.79. The van der Waals surface area contributed by atoms with Gasteiger partial charge >= 0.3 is 7.55 Å². The molecule has 0 N–H and O–H groups in total. The van der Waals surface area contributed by atoms with Crippen LogP contribution in [0, 0.1) is 0 Å². The van der Waals surface area contributed by atoms with Crippen LogP contribution < -0.4 is 9.62 Å². The SMILES string of the molecule is [B]1N(c2ccc(-c3ccc4ccccc4c3)cn2)c2ccccc2N1c1ccc(-c2ccc3ccccc3c2)cn1.[Pt]. The minimum absolute atomic E-state index is 0. The zero-order chi connectivity index (χ0) is 27.2. The van der Waals surface area contributed by atoms with Gasteiger partial charge in [0.15, 0.2) is 0 Å². The Kier molecular flexibility index (Phi) is 6.81. The molecule has 0 aliphatic carbocycles. The van der Waals surface area contributed by atoms with Crippen LogP contribution >= 0.6 is 0 Å². The van der Waals surface area contributed by atoms with Crippen LogP contribution in [0.15, 0.2) is 146 Å². The molecular weight excluding hydrogens is 694 g/mol. The van der Waals surface area contributed by atoms with Crippen molar-refractivity contribution in [2.75, 3.05) is 9.62 Å². The molecule has 3 heterocycles. The Labute approximate surface area is 259 Å².